The number of nitro groups is 1. The van der Waals surface area contributed by atoms with Gasteiger partial charge in [0.05, 0.1) is 27.2 Å². The third-order valence-electron chi connectivity index (χ3n) is 5.24. The van der Waals surface area contributed by atoms with Gasteiger partial charge in [0.15, 0.2) is 0 Å². The third-order valence-corrected chi connectivity index (χ3v) is 6.99. The first kappa shape index (κ1) is 19.6. The first-order valence-corrected chi connectivity index (χ1v) is 11.5. The normalized spacial score (nSPS) is 15.8. The second-order valence-electron chi connectivity index (χ2n) is 7.32. The van der Waals surface area contributed by atoms with Crippen molar-refractivity contribution in [2.75, 3.05) is 5.01 Å². The number of aromatic nitrogens is 1. The Kier molecular flexibility index (Phi) is 5.09. The number of rotatable bonds is 5. The van der Waals surface area contributed by atoms with E-state index in [2.05, 4.69) is 37.3 Å². The molecule has 0 aliphatic carbocycles. The predicted octanol–water partition coefficient (Wildman–Crippen LogP) is 6.44. The van der Waals surface area contributed by atoms with Crippen molar-refractivity contribution in [2.24, 2.45) is 5.10 Å². The second-order valence-corrected chi connectivity index (χ2v) is 9.10. The Morgan fingerprint density at radius 2 is 1.84 bits per heavy atom. The molecule has 1 atom stereocenters. The van der Waals surface area contributed by atoms with Crippen molar-refractivity contribution in [1.82, 2.24) is 4.98 Å². The van der Waals surface area contributed by atoms with Crippen molar-refractivity contribution in [3.05, 3.63) is 97.5 Å². The number of nitro benzene ring substituents is 1. The number of hydrogen-bond acceptors (Lipinski definition) is 7. The van der Waals surface area contributed by atoms with Crippen LogP contribution < -0.4 is 5.01 Å². The summed E-state index contributed by atoms with van der Waals surface area (Å²) in [5, 5.41) is 22.8. The molecule has 0 spiro atoms. The largest absolute Gasteiger partial charge is 0.269 e. The molecule has 0 unspecified atom stereocenters. The number of nitrogens with zero attached hydrogens (tertiary/aromatic N) is 4. The van der Waals surface area contributed by atoms with Crippen LogP contribution >= 0.6 is 22.7 Å². The molecule has 0 saturated carbocycles. The van der Waals surface area contributed by atoms with Gasteiger partial charge in [0.1, 0.15) is 0 Å². The van der Waals surface area contributed by atoms with Crippen molar-refractivity contribution in [3.63, 3.8) is 0 Å². The summed E-state index contributed by atoms with van der Waals surface area (Å²) >= 11 is 3.22. The van der Waals surface area contributed by atoms with E-state index in [4.69, 9.17) is 10.1 Å². The van der Waals surface area contributed by atoms with Crippen LogP contribution in [0.5, 0.6) is 0 Å². The third kappa shape index (κ3) is 3.87. The SMILES string of the molecule is Cc1ccc(-c2csc(N3N=C(c4cccs4)C[C@@H]3c3ccc([N+](=O)[O-])cc3)n2)cc1. The Hall–Kier alpha value is -3.36. The van der Waals surface area contributed by atoms with E-state index < -0.39 is 0 Å². The van der Waals surface area contributed by atoms with Gasteiger partial charge in [-0.05, 0) is 23.9 Å². The summed E-state index contributed by atoms with van der Waals surface area (Å²) in [7, 11) is 0. The lowest BCUT2D eigenvalue weighted by atomic mass is 10.0. The zero-order valence-corrected chi connectivity index (χ0v) is 18.3. The molecule has 0 fully saturated rings. The van der Waals surface area contributed by atoms with Crippen molar-refractivity contribution < 1.29 is 4.92 Å². The van der Waals surface area contributed by atoms with Gasteiger partial charge >= 0.3 is 0 Å². The number of hydrogen-bond donors (Lipinski definition) is 0. The van der Waals surface area contributed by atoms with E-state index in [1.54, 1.807) is 34.8 Å². The first-order valence-electron chi connectivity index (χ1n) is 9.76. The van der Waals surface area contributed by atoms with Crippen LogP contribution in [0.2, 0.25) is 0 Å². The van der Waals surface area contributed by atoms with Crippen LogP contribution in [0.3, 0.4) is 0 Å². The van der Waals surface area contributed by atoms with Gasteiger partial charge < -0.3 is 0 Å². The van der Waals surface area contributed by atoms with Crippen LogP contribution in [0, 0.1) is 17.0 Å². The number of thiophene rings is 1. The average molecular weight is 447 g/mol. The number of benzene rings is 2. The van der Waals surface area contributed by atoms with Crippen LogP contribution in [0.4, 0.5) is 10.8 Å². The molecule has 3 heterocycles. The molecule has 1 aliphatic heterocycles. The van der Waals surface area contributed by atoms with Crippen molar-refractivity contribution in [3.8, 4) is 11.3 Å². The summed E-state index contributed by atoms with van der Waals surface area (Å²) in [4.78, 5) is 16.7. The van der Waals surface area contributed by atoms with E-state index in [1.165, 1.54) is 5.56 Å². The molecule has 1 aliphatic rings. The minimum Gasteiger partial charge on any atom is -0.258 e. The molecule has 2 aromatic heterocycles. The molecule has 0 amide bonds. The van der Waals surface area contributed by atoms with Gasteiger partial charge in [-0.25, -0.2) is 9.99 Å². The average Bonchev–Trinajstić information content (AvgIpc) is 3.54. The Labute approximate surface area is 187 Å². The molecule has 2 aromatic carbocycles. The van der Waals surface area contributed by atoms with Gasteiger partial charge in [-0.15, -0.1) is 22.7 Å². The van der Waals surface area contributed by atoms with Gasteiger partial charge in [-0.1, -0.05) is 48.0 Å². The molecule has 5 rings (SSSR count). The van der Waals surface area contributed by atoms with E-state index in [1.807, 2.05) is 34.0 Å². The standard InChI is InChI=1S/C23H18N4O2S2/c1-15-4-6-16(7-5-15)20-14-31-23(24-20)26-21(13-19(25-26)22-3-2-12-30-22)17-8-10-18(11-9-17)27(28)29/h2-12,14,21H,13H2,1H3/t21-/m1/s1. The first-order chi connectivity index (χ1) is 15.1. The molecule has 31 heavy (non-hydrogen) atoms. The van der Waals surface area contributed by atoms with Crippen LogP contribution in [-0.2, 0) is 0 Å². The Morgan fingerprint density at radius 1 is 1.06 bits per heavy atom. The van der Waals surface area contributed by atoms with E-state index in [9.17, 15) is 10.1 Å². The maximum absolute atomic E-state index is 11.1. The van der Waals surface area contributed by atoms with Crippen LogP contribution in [0.25, 0.3) is 11.3 Å². The zero-order chi connectivity index (χ0) is 21.4. The Morgan fingerprint density at radius 3 is 2.52 bits per heavy atom. The number of aryl methyl sites for hydroxylation is 1. The summed E-state index contributed by atoms with van der Waals surface area (Å²) in [5.41, 5.74) is 5.27. The maximum atomic E-state index is 11.1. The quantitative estimate of drug-likeness (QED) is 0.261. The molecular formula is C23H18N4O2S2. The van der Waals surface area contributed by atoms with Crippen LogP contribution in [0.15, 0.2) is 76.5 Å². The van der Waals surface area contributed by atoms with Gasteiger partial charge in [-0.3, -0.25) is 10.1 Å². The number of non-ortho nitro benzene ring substituents is 1. The van der Waals surface area contributed by atoms with Gasteiger partial charge in [-0.2, -0.15) is 5.10 Å². The lowest BCUT2D eigenvalue weighted by Gasteiger charge is -2.21. The predicted molar refractivity (Wildman–Crippen MR) is 126 cm³/mol. The van der Waals surface area contributed by atoms with Gasteiger partial charge in [0, 0.05) is 29.5 Å². The molecule has 4 aromatic rings. The van der Waals surface area contributed by atoms with E-state index in [0.717, 1.165) is 39.0 Å². The zero-order valence-electron chi connectivity index (χ0n) is 16.6. The highest BCUT2D eigenvalue weighted by Gasteiger charge is 2.32. The highest BCUT2D eigenvalue weighted by molar-refractivity contribution is 7.14. The summed E-state index contributed by atoms with van der Waals surface area (Å²) in [6.45, 7) is 2.07. The molecule has 0 saturated heterocycles. The monoisotopic (exact) mass is 446 g/mol. The van der Waals surface area contributed by atoms with E-state index >= 15 is 0 Å². The number of thiazole rings is 1. The lowest BCUT2D eigenvalue weighted by Crippen LogP contribution is -2.18. The molecule has 6 nitrogen and oxygen atoms in total. The fourth-order valence-electron chi connectivity index (χ4n) is 3.58. The summed E-state index contributed by atoms with van der Waals surface area (Å²) < 4.78 is 0. The summed E-state index contributed by atoms with van der Waals surface area (Å²) in [5.74, 6) is 0. The van der Waals surface area contributed by atoms with Crippen molar-refractivity contribution in [2.45, 2.75) is 19.4 Å². The minimum absolute atomic E-state index is 0.0603. The molecular weight excluding hydrogens is 428 g/mol. The fourth-order valence-corrected chi connectivity index (χ4v) is 5.14. The topological polar surface area (TPSA) is 71.6 Å². The molecule has 0 N–H and O–H groups in total. The lowest BCUT2D eigenvalue weighted by molar-refractivity contribution is -0.384. The molecule has 8 heteroatoms. The summed E-state index contributed by atoms with van der Waals surface area (Å²) in [6.07, 6.45) is 0.720. The maximum Gasteiger partial charge on any atom is 0.269 e. The molecule has 0 radical (unpaired) electrons. The van der Waals surface area contributed by atoms with Crippen LogP contribution in [0.1, 0.15) is 28.5 Å². The van der Waals surface area contributed by atoms with Gasteiger partial charge in [0.25, 0.3) is 5.69 Å². The highest BCUT2D eigenvalue weighted by Crippen LogP contribution is 2.40. The van der Waals surface area contributed by atoms with Crippen molar-refractivity contribution >= 4 is 39.2 Å². The van der Waals surface area contributed by atoms with Crippen molar-refractivity contribution in [1.29, 1.82) is 0 Å². The van der Waals surface area contributed by atoms with E-state index in [-0.39, 0.29) is 16.7 Å². The highest BCUT2D eigenvalue weighted by atomic mass is 32.1. The van der Waals surface area contributed by atoms with Gasteiger partial charge in [0.2, 0.25) is 5.13 Å². The second kappa shape index (κ2) is 8.05. The number of hydrazone groups is 1. The number of anilines is 1. The van der Waals surface area contributed by atoms with Crippen LogP contribution in [-0.4, -0.2) is 15.6 Å². The Balaban J connectivity index is 1.51. The minimum atomic E-state index is -0.377. The van der Waals surface area contributed by atoms with E-state index in [0.29, 0.717) is 0 Å². The summed E-state index contributed by atoms with van der Waals surface area (Å²) in [6, 6.07) is 19.1. The fraction of sp³-hybridized carbons (Fsp3) is 0.130. The Bertz CT molecular complexity index is 1250. The molecule has 0 bridgehead atoms. The molecule has 154 valence electrons. The smallest absolute Gasteiger partial charge is 0.258 e.